The van der Waals surface area contributed by atoms with Gasteiger partial charge in [-0.05, 0) is 37.7 Å². The van der Waals surface area contributed by atoms with Gasteiger partial charge in [-0.25, -0.2) is 0 Å². The Labute approximate surface area is 166 Å². The van der Waals surface area contributed by atoms with Gasteiger partial charge in [0.05, 0.1) is 6.04 Å². The molecule has 28 heavy (non-hydrogen) atoms. The van der Waals surface area contributed by atoms with Crippen LogP contribution in [0.4, 0.5) is 5.69 Å². The predicted molar refractivity (Wildman–Crippen MR) is 115 cm³/mol. The van der Waals surface area contributed by atoms with Gasteiger partial charge in [0.2, 0.25) is 5.91 Å². The van der Waals surface area contributed by atoms with Gasteiger partial charge in [-0.3, -0.25) is 9.69 Å². The number of hydrogen-bond donors (Lipinski definition) is 1. The molecule has 1 N–H and O–H groups in total. The van der Waals surface area contributed by atoms with Crippen molar-refractivity contribution >= 4 is 11.6 Å². The number of amides is 1. The third-order valence-electron chi connectivity index (χ3n) is 4.77. The van der Waals surface area contributed by atoms with Crippen LogP contribution < -0.4 is 10.1 Å². The Morgan fingerprint density at radius 2 is 1.54 bits per heavy atom. The molecular formula is C24H26N2O2. The summed E-state index contributed by atoms with van der Waals surface area (Å²) in [7, 11) is 1.93. The van der Waals surface area contributed by atoms with Crippen molar-refractivity contribution in [3.05, 3.63) is 84.9 Å². The Balaban J connectivity index is 1.58. The van der Waals surface area contributed by atoms with Gasteiger partial charge in [-0.15, -0.1) is 0 Å². The zero-order valence-corrected chi connectivity index (χ0v) is 16.3. The molecule has 4 nitrogen and oxygen atoms in total. The fraction of sp³-hybridized carbons (Fsp3) is 0.208. The summed E-state index contributed by atoms with van der Waals surface area (Å²) in [5.74, 6) is 0.801. The smallest absolute Gasteiger partial charge is 0.241 e. The molecule has 1 atom stereocenters. The number of carbonyl (C=O) groups excluding carboxylic acids is 1. The molecule has 1 amide bonds. The van der Waals surface area contributed by atoms with E-state index in [0.29, 0.717) is 13.2 Å². The molecule has 0 bridgehead atoms. The van der Waals surface area contributed by atoms with Crippen LogP contribution in [0.5, 0.6) is 5.75 Å². The Bertz CT molecular complexity index is 881. The first-order chi connectivity index (χ1) is 13.6. The van der Waals surface area contributed by atoms with Crippen LogP contribution in [0.25, 0.3) is 11.1 Å². The molecule has 4 heteroatoms. The molecule has 0 aromatic heterocycles. The SMILES string of the molecule is C[C@H](C(=O)Nc1ccccc1-c1ccccc1)N(C)CCOc1ccccc1. The van der Waals surface area contributed by atoms with Crippen molar-refractivity contribution in [1.82, 2.24) is 4.90 Å². The number of para-hydroxylation sites is 2. The van der Waals surface area contributed by atoms with E-state index < -0.39 is 0 Å². The number of carbonyl (C=O) groups is 1. The van der Waals surface area contributed by atoms with Crippen molar-refractivity contribution in [2.75, 3.05) is 25.5 Å². The second-order valence-corrected chi connectivity index (χ2v) is 6.72. The Kier molecular flexibility index (Phi) is 6.82. The number of likely N-dealkylation sites (N-methyl/N-ethyl adjacent to an activating group) is 1. The van der Waals surface area contributed by atoms with Crippen LogP contribution in [0.1, 0.15) is 6.92 Å². The molecule has 0 saturated heterocycles. The molecule has 0 radical (unpaired) electrons. The van der Waals surface area contributed by atoms with Crippen molar-refractivity contribution in [3.8, 4) is 16.9 Å². The van der Waals surface area contributed by atoms with Gasteiger partial charge in [0.25, 0.3) is 0 Å². The molecule has 0 aliphatic heterocycles. The maximum absolute atomic E-state index is 12.8. The summed E-state index contributed by atoms with van der Waals surface area (Å²) in [6.07, 6.45) is 0. The highest BCUT2D eigenvalue weighted by Crippen LogP contribution is 2.27. The Morgan fingerprint density at radius 1 is 0.929 bits per heavy atom. The number of hydrogen-bond acceptors (Lipinski definition) is 3. The molecule has 3 rings (SSSR count). The predicted octanol–water partition coefficient (Wildman–Crippen LogP) is 4.69. The van der Waals surface area contributed by atoms with Gasteiger partial charge in [-0.1, -0.05) is 66.7 Å². The van der Waals surface area contributed by atoms with Gasteiger partial charge in [0, 0.05) is 17.8 Å². The summed E-state index contributed by atoms with van der Waals surface area (Å²) in [5.41, 5.74) is 2.91. The summed E-state index contributed by atoms with van der Waals surface area (Å²) < 4.78 is 5.73. The molecule has 3 aromatic carbocycles. The van der Waals surface area contributed by atoms with Crippen LogP contribution in [0.2, 0.25) is 0 Å². The van der Waals surface area contributed by atoms with Crippen LogP contribution in [-0.4, -0.2) is 37.0 Å². The number of benzene rings is 3. The second kappa shape index (κ2) is 9.72. The van der Waals surface area contributed by atoms with E-state index in [1.54, 1.807) is 0 Å². The molecule has 0 fully saturated rings. The molecule has 0 aliphatic carbocycles. The monoisotopic (exact) mass is 374 g/mol. The number of rotatable bonds is 8. The van der Waals surface area contributed by atoms with Crippen LogP contribution in [-0.2, 0) is 4.79 Å². The summed E-state index contributed by atoms with van der Waals surface area (Å²) in [6, 6.07) is 27.4. The zero-order chi connectivity index (χ0) is 19.8. The van der Waals surface area contributed by atoms with Gasteiger partial charge in [0.15, 0.2) is 0 Å². The topological polar surface area (TPSA) is 41.6 Å². The van der Waals surface area contributed by atoms with E-state index in [4.69, 9.17) is 4.74 Å². The van der Waals surface area contributed by atoms with E-state index in [1.165, 1.54) is 0 Å². The minimum Gasteiger partial charge on any atom is -0.492 e. The fourth-order valence-electron chi connectivity index (χ4n) is 2.92. The van der Waals surface area contributed by atoms with Crippen molar-refractivity contribution in [3.63, 3.8) is 0 Å². The van der Waals surface area contributed by atoms with Gasteiger partial charge >= 0.3 is 0 Å². The van der Waals surface area contributed by atoms with E-state index in [1.807, 2.05) is 104 Å². The maximum Gasteiger partial charge on any atom is 0.241 e. The van der Waals surface area contributed by atoms with Crippen molar-refractivity contribution in [2.24, 2.45) is 0 Å². The number of nitrogens with zero attached hydrogens (tertiary/aromatic N) is 1. The average molecular weight is 374 g/mol. The van der Waals surface area contributed by atoms with Gasteiger partial charge in [0.1, 0.15) is 12.4 Å². The van der Waals surface area contributed by atoms with Crippen molar-refractivity contribution in [1.29, 1.82) is 0 Å². The highest BCUT2D eigenvalue weighted by molar-refractivity contribution is 5.98. The molecule has 0 unspecified atom stereocenters. The minimum atomic E-state index is -0.275. The minimum absolute atomic E-state index is 0.0365. The quantitative estimate of drug-likeness (QED) is 0.622. The third kappa shape index (κ3) is 5.21. The highest BCUT2D eigenvalue weighted by Gasteiger charge is 2.19. The lowest BCUT2D eigenvalue weighted by Crippen LogP contribution is -2.41. The normalized spacial score (nSPS) is 11.8. The van der Waals surface area contributed by atoms with E-state index in [0.717, 1.165) is 22.6 Å². The Hall–Kier alpha value is -3.11. The standard InChI is InChI=1S/C24H26N2O2/c1-19(26(2)17-18-28-21-13-7-4-8-14-21)24(27)25-23-16-10-9-15-22(23)20-11-5-3-6-12-20/h3-16,19H,17-18H2,1-2H3,(H,25,27)/t19-/m1/s1. The van der Waals surface area contributed by atoms with Crippen molar-refractivity contribution in [2.45, 2.75) is 13.0 Å². The highest BCUT2D eigenvalue weighted by atomic mass is 16.5. The van der Waals surface area contributed by atoms with E-state index in [2.05, 4.69) is 5.32 Å². The lowest BCUT2D eigenvalue weighted by molar-refractivity contribution is -0.120. The molecule has 3 aromatic rings. The molecular weight excluding hydrogens is 348 g/mol. The first-order valence-corrected chi connectivity index (χ1v) is 9.48. The van der Waals surface area contributed by atoms with Crippen LogP contribution in [0.15, 0.2) is 84.9 Å². The largest absolute Gasteiger partial charge is 0.492 e. The summed E-state index contributed by atoms with van der Waals surface area (Å²) in [5, 5.41) is 3.08. The lowest BCUT2D eigenvalue weighted by atomic mass is 10.0. The molecule has 0 spiro atoms. The van der Waals surface area contributed by atoms with Gasteiger partial charge < -0.3 is 10.1 Å². The van der Waals surface area contributed by atoms with E-state index in [9.17, 15) is 4.79 Å². The van der Waals surface area contributed by atoms with E-state index in [-0.39, 0.29) is 11.9 Å². The maximum atomic E-state index is 12.8. The van der Waals surface area contributed by atoms with Crippen molar-refractivity contribution < 1.29 is 9.53 Å². The van der Waals surface area contributed by atoms with Gasteiger partial charge in [-0.2, -0.15) is 0 Å². The van der Waals surface area contributed by atoms with Crippen LogP contribution in [0.3, 0.4) is 0 Å². The number of anilines is 1. The zero-order valence-electron chi connectivity index (χ0n) is 16.3. The fourth-order valence-corrected chi connectivity index (χ4v) is 2.92. The molecule has 0 aliphatic rings. The number of nitrogens with one attached hydrogen (secondary N) is 1. The summed E-state index contributed by atoms with van der Waals surface area (Å²) >= 11 is 0. The molecule has 0 heterocycles. The third-order valence-corrected chi connectivity index (χ3v) is 4.77. The summed E-state index contributed by atoms with van der Waals surface area (Å²) in [4.78, 5) is 14.8. The molecule has 0 saturated carbocycles. The van der Waals surface area contributed by atoms with Crippen LogP contribution >= 0.6 is 0 Å². The summed E-state index contributed by atoms with van der Waals surface area (Å²) in [6.45, 7) is 3.09. The van der Waals surface area contributed by atoms with E-state index >= 15 is 0 Å². The average Bonchev–Trinajstić information content (AvgIpc) is 2.75. The first-order valence-electron chi connectivity index (χ1n) is 9.48. The first kappa shape index (κ1) is 19.6. The van der Waals surface area contributed by atoms with Crippen LogP contribution in [0, 0.1) is 0 Å². The Morgan fingerprint density at radius 3 is 2.25 bits per heavy atom. The lowest BCUT2D eigenvalue weighted by Gasteiger charge is -2.24. The molecule has 144 valence electrons. The second-order valence-electron chi connectivity index (χ2n) is 6.72. The number of ether oxygens (including phenoxy) is 1.